The second kappa shape index (κ2) is 10.6. The number of carbonyl (C=O) groups is 2. The van der Waals surface area contributed by atoms with E-state index in [0.29, 0.717) is 36.7 Å². The van der Waals surface area contributed by atoms with E-state index in [1.54, 1.807) is 13.8 Å². The zero-order valence-electron chi connectivity index (χ0n) is 18.6. The first kappa shape index (κ1) is 24.4. The maximum atomic E-state index is 12.8. The van der Waals surface area contributed by atoms with Gasteiger partial charge in [0.15, 0.2) is 0 Å². The lowest BCUT2D eigenvalue weighted by molar-refractivity contribution is -0.117. The van der Waals surface area contributed by atoms with Crippen LogP contribution < -0.4 is 5.32 Å². The fourth-order valence-electron chi connectivity index (χ4n) is 3.63. The molecule has 10 heteroatoms. The molecule has 0 spiro atoms. The number of hydrogen-bond acceptors (Lipinski definition) is 7. The summed E-state index contributed by atoms with van der Waals surface area (Å²) in [4.78, 5) is 28.2. The Balaban J connectivity index is 1.73. The van der Waals surface area contributed by atoms with Crippen molar-refractivity contribution in [1.82, 2.24) is 9.21 Å². The number of esters is 1. The van der Waals surface area contributed by atoms with Crippen molar-refractivity contribution in [3.8, 4) is 10.4 Å². The molecule has 1 fully saturated rings. The Labute approximate surface area is 193 Å². The van der Waals surface area contributed by atoms with Gasteiger partial charge in [0.05, 0.1) is 24.5 Å². The lowest BCUT2D eigenvalue weighted by Crippen LogP contribution is -2.50. The number of piperazine rings is 1. The third-order valence-electron chi connectivity index (χ3n) is 5.37. The minimum absolute atomic E-state index is 0.0750. The van der Waals surface area contributed by atoms with Crippen LogP contribution in [0.1, 0.15) is 29.8 Å². The molecule has 0 atom stereocenters. The highest BCUT2D eigenvalue weighted by Crippen LogP contribution is 2.40. The molecule has 1 aliphatic heterocycles. The highest BCUT2D eigenvalue weighted by molar-refractivity contribution is 7.89. The molecular weight excluding hydrogens is 450 g/mol. The molecular formula is C22H29N3O5S2. The summed E-state index contributed by atoms with van der Waals surface area (Å²) < 4.78 is 30.7. The number of nitrogens with one attached hydrogen (secondary N) is 1. The number of anilines is 1. The average Bonchev–Trinajstić information content (AvgIpc) is 3.10. The molecule has 1 N–H and O–H groups in total. The Bertz CT molecular complexity index is 1060. The SMILES string of the molecule is CCOC(=O)c1c(NC(=O)CN2CCN(S(=O)(=O)CC)CC2)sc(-c2ccccc2)c1C. The summed E-state index contributed by atoms with van der Waals surface area (Å²) in [7, 11) is -3.21. The van der Waals surface area contributed by atoms with Gasteiger partial charge in [0.25, 0.3) is 0 Å². The molecule has 3 rings (SSSR count). The normalized spacial score (nSPS) is 15.5. The van der Waals surface area contributed by atoms with Crippen LogP contribution in [-0.2, 0) is 19.6 Å². The molecule has 0 radical (unpaired) electrons. The second-order valence-electron chi connectivity index (χ2n) is 7.47. The largest absolute Gasteiger partial charge is 0.462 e. The van der Waals surface area contributed by atoms with Gasteiger partial charge in [-0.3, -0.25) is 9.69 Å². The number of rotatable bonds is 8. The lowest BCUT2D eigenvalue weighted by atomic mass is 10.1. The van der Waals surface area contributed by atoms with E-state index in [2.05, 4.69) is 5.32 Å². The van der Waals surface area contributed by atoms with Crippen molar-refractivity contribution in [2.75, 3.05) is 50.4 Å². The minimum atomic E-state index is -3.21. The van der Waals surface area contributed by atoms with Crippen LogP contribution in [0.2, 0.25) is 0 Å². The molecule has 0 saturated carbocycles. The summed E-state index contributed by atoms with van der Waals surface area (Å²) in [6.07, 6.45) is 0. The van der Waals surface area contributed by atoms with Crippen molar-refractivity contribution in [3.05, 3.63) is 41.5 Å². The maximum Gasteiger partial charge on any atom is 0.341 e. The Hall–Kier alpha value is -2.27. The summed E-state index contributed by atoms with van der Waals surface area (Å²) in [5.74, 6) is -0.633. The number of hydrogen-bond donors (Lipinski definition) is 1. The number of nitrogens with zero attached hydrogens (tertiary/aromatic N) is 2. The summed E-state index contributed by atoms with van der Waals surface area (Å²) in [5.41, 5.74) is 2.12. The van der Waals surface area contributed by atoms with Gasteiger partial charge < -0.3 is 10.1 Å². The Kier molecular flexibility index (Phi) is 8.05. The van der Waals surface area contributed by atoms with Gasteiger partial charge in [0.2, 0.25) is 15.9 Å². The first-order chi connectivity index (χ1) is 15.3. The molecule has 1 saturated heterocycles. The van der Waals surface area contributed by atoms with Gasteiger partial charge in [-0.05, 0) is 31.9 Å². The van der Waals surface area contributed by atoms with E-state index >= 15 is 0 Å². The Morgan fingerprint density at radius 1 is 1.09 bits per heavy atom. The van der Waals surface area contributed by atoms with E-state index < -0.39 is 16.0 Å². The van der Waals surface area contributed by atoms with E-state index in [1.807, 2.05) is 42.2 Å². The molecule has 2 aromatic rings. The molecule has 1 aromatic heterocycles. The van der Waals surface area contributed by atoms with Gasteiger partial charge in [0.1, 0.15) is 5.00 Å². The number of carbonyl (C=O) groups excluding carboxylic acids is 2. The average molecular weight is 480 g/mol. The molecule has 0 bridgehead atoms. The number of sulfonamides is 1. The zero-order chi connectivity index (χ0) is 23.3. The van der Waals surface area contributed by atoms with Gasteiger partial charge >= 0.3 is 5.97 Å². The smallest absolute Gasteiger partial charge is 0.341 e. The maximum absolute atomic E-state index is 12.8. The number of amides is 1. The first-order valence-electron chi connectivity index (χ1n) is 10.6. The first-order valence-corrected chi connectivity index (χ1v) is 13.0. The number of thiophene rings is 1. The van der Waals surface area contributed by atoms with Crippen LogP contribution in [-0.4, -0.2) is 74.6 Å². The summed E-state index contributed by atoms with van der Waals surface area (Å²) in [6, 6.07) is 9.70. The molecule has 32 heavy (non-hydrogen) atoms. The Morgan fingerprint density at radius 3 is 2.34 bits per heavy atom. The number of ether oxygens (including phenoxy) is 1. The predicted molar refractivity (Wildman–Crippen MR) is 127 cm³/mol. The standard InChI is InChI=1S/C22H29N3O5S2/c1-4-30-22(27)19-16(3)20(17-9-7-6-8-10-17)31-21(19)23-18(26)15-24-11-13-25(14-12-24)32(28,29)5-2/h6-10H,4-5,11-15H2,1-3H3,(H,23,26). The van der Waals surface area contributed by atoms with Crippen LogP contribution in [0.25, 0.3) is 10.4 Å². The molecule has 1 amide bonds. The number of benzene rings is 1. The van der Waals surface area contributed by atoms with E-state index in [9.17, 15) is 18.0 Å². The van der Waals surface area contributed by atoms with Crippen LogP contribution in [0.3, 0.4) is 0 Å². The summed E-state index contributed by atoms with van der Waals surface area (Å²) in [6.45, 7) is 7.30. The highest BCUT2D eigenvalue weighted by Gasteiger charge is 2.28. The van der Waals surface area contributed by atoms with Crippen molar-refractivity contribution in [3.63, 3.8) is 0 Å². The fourth-order valence-corrected chi connectivity index (χ4v) is 5.93. The third-order valence-corrected chi connectivity index (χ3v) is 8.51. The van der Waals surface area contributed by atoms with Gasteiger partial charge in [0, 0.05) is 31.1 Å². The molecule has 2 heterocycles. The topological polar surface area (TPSA) is 96.0 Å². The highest BCUT2D eigenvalue weighted by atomic mass is 32.2. The minimum Gasteiger partial charge on any atom is -0.462 e. The summed E-state index contributed by atoms with van der Waals surface area (Å²) >= 11 is 1.35. The van der Waals surface area contributed by atoms with Gasteiger partial charge in [-0.25, -0.2) is 13.2 Å². The molecule has 1 aromatic carbocycles. The van der Waals surface area contributed by atoms with Crippen molar-refractivity contribution in [1.29, 1.82) is 0 Å². The van der Waals surface area contributed by atoms with Crippen LogP contribution in [0.15, 0.2) is 30.3 Å². The van der Waals surface area contributed by atoms with Crippen molar-refractivity contribution in [2.24, 2.45) is 0 Å². The van der Waals surface area contributed by atoms with E-state index in [-0.39, 0.29) is 24.8 Å². The van der Waals surface area contributed by atoms with Crippen molar-refractivity contribution >= 4 is 38.2 Å². The van der Waals surface area contributed by atoms with Gasteiger partial charge in [-0.2, -0.15) is 4.31 Å². The second-order valence-corrected chi connectivity index (χ2v) is 10.7. The molecule has 0 aliphatic carbocycles. The van der Waals surface area contributed by atoms with Gasteiger partial charge in [-0.1, -0.05) is 30.3 Å². The zero-order valence-corrected chi connectivity index (χ0v) is 20.2. The molecule has 1 aliphatic rings. The molecule has 174 valence electrons. The Morgan fingerprint density at radius 2 is 1.75 bits per heavy atom. The quantitative estimate of drug-likeness (QED) is 0.585. The van der Waals surface area contributed by atoms with Crippen LogP contribution in [0.5, 0.6) is 0 Å². The molecule has 0 unspecified atom stereocenters. The van der Waals surface area contributed by atoms with E-state index in [4.69, 9.17) is 4.74 Å². The van der Waals surface area contributed by atoms with E-state index in [1.165, 1.54) is 15.6 Å². The van der Waals surface area contributed by atoms with E-state index in [0.717, 1.165) is 16.0 Å². The van der Waals surface area contributed by atoms with Crippen LogP contribution in [0, 0.1) is 6.92 Å². The van der Waals surface area contributed by atoms with Crippen molar-refractivity contribution < 1.29 is 22.7 Å². The van der Waals surface area contributed by atoms with Gasteiger partial charge in [-0.15, -0.1) is 11.3 Å². The predicted octanol–water partition coefficient (Wildman–Crippen LogP) is 2.81. The summed E-state index contributed by atoms with van der Waals surface area (Å²) in [5, 5.41) is 3.36. The third kappa shape index (κ3) is 5.55. The van der Waals surface area contributed by atoms with Crippen molar-refractivity contribution in [2.45, 2.75) is 20.8 Å². The molecule has 8 nitrogen and oxygen atoms in total. The lowest BCUT2D eigenvalue weighted by Gasteiger charge is -2.33. The van der Waals surface area contributed by atoms with Crippen LogP contribution in [0.4, 0.5) is 5.00 Å². The fraction of sp³-hybridized carbons (Fsp3) is 0.455. The monoisotopic (exact) mass is 479 g/mol. The van der Waals surface area contributed by atoms with Crippen LogP contribution >= 0.6 is 11.3 Å².